The molecule has 1 fully saturated rings. The summed E-state index contributed by atoms with van der Waals surface area (Å²) in [7, 11) is -3.13. The van der Waals surface area contributed by atoms with Gasteiger partial charge in [0.1, 0.15) is 0 Å². The average molecular weight is 278 g/mol. The lowest BCUT2D eigenvalue weighted by molar-refractivity contribution is 0.0774. The van der Waals surface area contributed by atoms with E-state index in [1.807, 2.05) is 0 Å². The predicted octanol–water partition coefficient (Wildman–Crippen LogP) is 0.865. The molecule has 1 heterocycles. The molecule has 18 heavy (non-hydrogen) atoms. The van der Waals surface area contributed by atoms with Gasteiger partial charge < -0.3 is 10.1 Å². The molecule has 0 radical (unpaired) electrons. The Hall–Kier alpha value is -0.170. The van der Waals surface area contributed by atoms with Crippen molar-refractivity contribution in [2.75, 3.05) is 32.1 Å². The molecule has 0 aromatic rings. The molecule has 1 aliphatic heterocycles. The highest BCUT2D eigenvalue weighted by Crippen LogP contribution is 2.07. The first-order valence-corrected chi connectivity index (χ1v) is 8.58. The maximum atomic E-state index is 11.8. The van der Waals surface area contributed by atoms with E-state index in [0.29, 0.717) is 13.0 Å². The van der Waals surface area contributed by atoms with Crippen LogP contribution in [0.15, 0.2) is 0 Å². The fraction of sp³-hybridized carbons (Fsp3) is 1.00. The lowest BCUT2D eigenvalue weighted by Crippen LogP contribution is -2.41. The quantitative estimate of drug-likeness (QED) is 0.614. The van der Waals surface area contributed by atoms with Crippen LogP contribution in [0.4, 0.5) is 0 Å². The van der Waals surface area contributed by atoms with Gasteiger partial charge in [-0.2, -0.15) is 0 Å². The lowest BCUT2D eigenvalue weighted by Gasteiger charge is -2.22. The van der Waals surface area contributed by atoms with Gasteiger partial charge in [-0.15, -0.1) is 0 Å². The summed E-state index contributed by atoms with van der Waals surface area (Å²) >= 11 is 0. The molecule has 0 bridgehead atoms. The third kappa shape index (κ3) is 7.31. The molecule has 1 saturated heterocycles. The molecule has 2 N–H and O–H groups in total. The second-order valence-corrected chi connectivity index (χ2v) is 6.68. The molecule has 108 valence electrons. The van der Waals surface area contributed by atoms with Crippen LogP contribution in [0, 0.1) is 0 Å². The third-order valence-electron chi connectivity index (χ3n) is 2.95. The van der Waals surface area contributed by atoms with E-state index < -0.39 is 10.0 Å². The fourth-order valence-corrected chi connectivity index (χ4v) is 3.39. The highest BCUT2D eigenvalue weighted by atomic mass is 32.2. The zero-order valence-electron chi connectivity index (χ0n) is 11.3. The van der Waals surface area contributed by atoms with Crippen LogP contribution in [0.5, 0.6) is 0 Å². The van der Waals surface area contributed by atoms with Crippen molar-refractivity contribution in [3.8, 4) is 0 Å². The van der Waals surface area contributed by atoms with E-state index in [9.17, 15) is 8.42 Å². The van der Waals surface area contributed by atoms with Crippen LogP contribution >= 0.6 is 0 Å². The van der Waals surface area contributed by atoms with E-state index in [0.717, 1.165) is 45.4 Å². The van der Waals surface area contributed by atoms with Crippen molar-refractivity contribution in [3.63, 3.8) is 0 Å². The summed E-state index contributed by atoms with van der Waals surface area (Å²) < 4.78 is 31.6. The van der Waals surface area contributed by atoms with Gasteiger partial charge in [0, 0.05) is 12.6 Å². The number of nitrogens with one attached hydrogen (secondary N) is 2. The summed E-state index contributed by atoms with van der Waals surface area (Å²) in [5, 5.41) is 3.27. The highest BCUT2D eigenvalue weighted by molar-refractivity contribution is 7.89. The van der Waals surface area contributed by atoms with Crippen LogP contribution in [0.25, 0.3) is 0 Å². The van der Waals surface area contributed by atoms with E-state index in [2.05, 4.69) is 17.0 Å². The van der Waals surface area contributed by atoms with Crippen LogP contribution in [-0.2, 0) is 14.8 Å². The van der Waals surface area contributed by atoms with E-state index in [1.54, 1.807) is 0 Å². The van der Waals surface area contributed by atoms with Gasteiger partial charge in [-0.3, -0.25) is 0 Å². The molecule has 0 spiro atoms. The van der Waals surface area contributed by atoms with Crippen LogP contribution in [0.2, 0.25) is 0 Å². The van der Waals surface area contributed by atoms with Crippen LogP contribution in [0.1, 0.15) is 39.0 Å². The fourth-order valence-electron chi connectivity index (χ4n) is 1.99. The molecule has 1 aliphatic rings. The minimum absolute atomic E-state index is 0.0260. The molecule has 1 atom stereocenters. The summed E-state index contributed by atoms with van der Waals surface area (Å²) in [6.45, 7) is 5.28. The topological polar surface area (TPSA) is 67.4 Å². The second-order valence-electron chi connectivity index (χ2n) is 4.81. The summed E-state index contributed by atoms with van der Waals surface area (Å²) in [5.41, 5.74) is 0. The van der Waals surface area contributed by atoms with E-state index in [-0.39, 0.29) is 11.8 Å². The zero-order valence-corrected chi connectivity index (χ0v) is 12.1. The van der Waals surface area contributed by atoms with Gasteiger partial charge in [-0.1, -0.05) is 6.92 Å². The number of hydrogen-bond donors (Lipinski definition) is 2. The largest absolute Gasteiger partial charge is 0.380 e. The van der Waals surface area contributed by atoms with Crippen molar-refractivity contribution in [2.45, 2.75) is 45.1 Å². The van der Waals surface area contributed by atoms with E-state index in [4.69, 9.17) is 4.74 Å². The highest BCUT2D eigenvalue weighted by Gasteiger charge is 2.19. The Kier molecular flexibility index (Phi) is 7.81. The summed E-state index contributed by atoms with van der Waals surface area (Å²) in [6.07, 6.45) is 4.55. The predicted molar refractivity (Wildman–Crippen MR) is 73.2 cm³/mol. The molecular weight excluding hydrogens is 252 g/mol. The smallest absolute Gasteiger partial charge is 0.211 e. The molecule has 0 saturated carbocycles. The minimum atomic E-state index is -3.13. The van der Waals surface area contributed by atoms with Gasteiger partial charge >= 0.3 is 0 Å². The van der Waals surface area contributed by atoms with Gasteiger partial charge in [0.25, 0.3) is 0 Å². The molecule has 5 nitrogen and oxygen atoms in total. The number of ether oxygens (including phenoxy) is 1. The first-order chi connectivity index (χ1) is 8.64. The van der Waals surface area contributed by atoms with Crippen molar-refractivity contribution in [1.29, 1.82) is 0 Å². The Bertz CT molecular complexity index is 300. The zero-order chi connectivity index (χ0) is 13.3. The van der Waals surface area contributed by atoms with Crippen molar-refractivity contribution in [1.82, 2.24) is 10.0 Å². The molecule has 0 aliphatic carbocycles. The van der Waals surface area contributed by atoms with Gasteiger partial charge in [0.05, 0.1) is 12.4 Å². The Balaban J connectivity index is 2.11. The molecule has 6 heteroatoms. The SMILES string of the molecule is CCCNCCCCS(=O)(=O)NC1CCCOC1. The molecular formula is C12H26N2O3S. The normalized spacial score (nSPS) is 21.1. The van der Waals surface area contributed by atoms with Crippen molar-refractivity contribution in [2.24, 2.45) is 0 Å². The maximum absolute atomic E-state index is 11.8. The van der Waals surface area contributed by atoms with Crippen molar-refractivity contribution >= 4 is 10.0 Å². The maximum Gasteiger partial charge on any atom is 0.211 e. The Morgan fingerprint density at radius 1 is 1.28 bits per heavy atom. The Labute approximate surface area is 111 Å². The van der Waals surface area contributed by atoms with Gasteiger partial charge in [-0.25, -0.2) is 13.1 Å². The second kappa shape index (κ2) is 8.85. The average Bonchev–Trinajstić information content (AvgIpc) is 2.34. The molecule has 1 unspecified atom stereocenters. The first-order valence-electron chi connectivity index (χ1n) is 6.92. The third-order valence-corrected chi connectivity index (χ3v) is 4.47. The molecule has 0 aromatic heterocycles. The number of sulfonamides is 1. The number of hydrogen-bond acceptors (Lipinski definition) is 4. The van der Waals surface area contributed by atoms with Gasteiger partial charge in [-0.05, 0) is 45.2 Å². The van der Waals surface area contributed by atoms with Crippen LogP contribution in [-0.4, -0.2) is 46.5 Å². The van der Waals surface area contributed by atoms with Crippen LogP contribution < -0.4 is 10.0 Å². The van der Waals surface area contributed by atoms with E-state index >= 15 is 0 Å². The molecule has 1 rings (SSSR count). The molecule has 0 aromatic carbocycles. The molecule has 0 amide bonds. The van der Waals surface area contributed by atoms with Crippen molar-refractivity contribution in [3.05, 3.63) is 0 Å². The van der Waals surface area contributed by atoms with Gasteiger partial charge in [0.2, 0.25) is 10.0 Å². The van der Waals surface area contributed by atoms with E-state index in [1.165, 1.54) is 0 Å². The lowest BCUT2D eigenvalue weighted by atomic mass is 10.1. The summed E-state index contributed by atoms with van der Waals surface area (Å²) in [5.74, 6) is 0.220. The first kappa shape index (κ1) is 15.9. The minimum Gasteiger partial charge on any atom is -0.380 e. The Morgan fingerprint density at radius 3 is 2.78 bits per heavy atom. The number of unbranched alkanes of at least 4 members (excludes halogenated alkanes) is 1. The monoisotopic (exact) mass is 278 g/mol. The van der Waals surface area contributed by atoms with Crippen molar-refractivity contribution < 1.29 is 13.2 Å². The summed E-state index contributed by atoms with van der Waals surface area (Å²) in [6, 6.07) is -0.0260. The van der Waals surface area contributed by atoms with Gasteiger partial charge in [0.15, 0.2) is 0 Å². The standard InChI is InChI=1S/C12H26N2O3S/c1-2-7-13-8-3-4-10-18(15,16)14-12-6-5-9-17-11-12/h12-14H,2-11H2,1H3. The number of rotatable bonds is 9. The Morgan fingerprint density at radius 2 is 2.11 bits per heavy atom. The summed E-state index contributed by atoms with van der Waals surface area (Å²) in [4.78, 5) is 0. The van der Waals surface area contributed by atoms with Crippen LogP contribution in [0.3, 0.4) is 0 Å².